The van der Waals surface area contributed by atoms with Gasteiger partial charge in [-0.15, -0.1) is 0 Å². The molecule has 1 amide bonds. The fraction of sp³-hybridized carbons (Fsp3) is 0.450. The summed E-state index contributed by atoms with van der Waals surface area (Å²) in [5.41, 5.74) is 3.65. The van der Waals surface area contributed by atoms with Gasteiger partial charge in [0, 0.05) is 24.3 Å². The number of rotatable bonds is 4. The summed E-state index contributed by atoms with van der Waals surface area (Å²) in [6, 6.07) is 9.55. The molecule has 1 aromatic carbocycles. The number of carboxylic acid groups (broad SMARTS) is 1. The molecule has 138 valence electrons. The number of aryl methyl sites for hydroxylation is 2. The Balaban J connectivity index is 1.77. The number of aromatic nitrogens is 2. The highest BCUT2D eigenvalue weighted by molar-refractivity contribution is 5.94. The molecular formula is C20H25N3O3. The Morgan fingerprint density at radius 3 is 2.65 bits per heavy atom. The smallest absolute Gasteiger partial charge is 0.308 e. The van der Waals surface area contributed by atoms with Crippen LogP contribution in [-0.4, -0.2) is 44.8 Å². The highest BCUT2D eigenvalue weighted by Gasteiger charge is 2.32. The first-order valence-corrected chi connectivity index (χ1v) is 8.95. The molecule has 1 saturated heterocycles. The van der Waals surface area contributed by atoms with Crippen LogP contribution in [0.3, 0.4) is 0 Å². The summed E-state index contributed by atoms with van der Waals surface area (Å²) in [6.45, 7) is 7.45. The van der Waals surface area contributed by atoms with Crippen molar-refractivity contribution in [1.29, 1.82) is 0 Å². The first kappa shape index (κ1) is 18.2. The van der Waals surface area contributed by atoms with Gasteiger partial charge in [0.2, 0.25) is 0 Å². The number of piperidine rings is 1. The van der Waals surface area contributed by atoms with E-state index in [1.54, 1.807) is 11.0 Å². The monoisotopic (exact) mass is 355 g/mol. The molecule has 1 aromatic heterocycles. The predicted molar refractivity (Wildman–Crippen MR) is 98.1 cm³/mol. The number of amides is 1. The maximum atomic E-state index is 12.9. The third-order valence-corrected chi connectivity index (χ3v) is 4.91. The van der Waals surface area contributed by atoms with Gasteiger partial charge in [-0.3, -0.25) is 14.3 Å². The van der Waals surface area contributed by atoms with Crippen molar-refractivity contribution in [3.8, 4) is 0 Å². The Morgan fingerprint density at radius 1 is 1.23 bits per heavy atom. The molecule has 0 spiro atoms. The molecule has 6 nitrogen and oxygen atoms in total. The van der Waals surface area contributed by atoms with Gasteiger partial charge in [0.25, 0.3) is 5.91 Å². The van der Waals surface area contributed by atoms with Gasteiger partial charge < -0.3 is 10.0 Å². The SMILES string of the molecule is Cc1cc(C)n(Cc2cccc(C(=O)N3CC(C)CC(C(=O)O)C3)c2)n1. The second-order valence-corrected chi connectivity index (χ2v) is 7.37. The Kier molecular flexibility index (Phi) is 5.11. The summed E-state index contributed by atoms with van der Waals surface area (Å²) >= 11 is 0. The zero-order valence-electron chi connectivity index (χ0n) is 15.5. The molecule has 1 fully saturated rings. The van der Waals surface area contributed by atoms with Crippen molar-refractivity contribution >= 4 is 11.9 Å². The van der Waals surface area contributed by atoms with Gasteiger partial charge in [-0.05, 0) is 49.9 Å². The standard InChI is InChI=1S/C20H25N3O3/c1-13-7-18(20(25)26)12-22(10-13)19(24)17-6-4-5-16(9-17)11-23-15(3)8-14(2)21-23/h4-6,8-9,13,18H,7,10-12H2,1-3H3,(H,25,26). The summed E-state index contributed by atoms with van der Waals surface area (Å²) in [7, 11) is 0. The van der Waals surface area contributed by atoms with Crippen LogP contribution in [0.1, 0.15) is 40.7 Å². The lowest BCUT2D eigenvalue weighted by atomic mass is 9.90. The highest BCUT2D eigenvalue weighted by Crippen LogP contribution is 2.23. The maximum absolute atomic E-state index is 12.9. The highest BCUT2D eigenvalue weighted by atomic mass is 16.4. The lowest BCUT2D eigenvalue weighted by Gasteiger charge is -2.34. The molecule has 26 heavy (non-hydrogen) atoms. The molecule has 0 radical (unpaired) electrons. The van der Waals surface area contributed by atoms with Crippen molar-refractivity contribution in [2.75, 3.05) is 13.1 Å². The van der Waals surface area contributed by atoms with Crippen LogP contribution in [0.2, 0.25) is 0 Å². The Morgan fingerprint density at radius 2 is 2.00 bits per heavy atom. The van der Waals surface area contributed by atoms with Crippen molar-refractivity contribution in [2.45, 2.75) is 33.7 Å². The van der Waals surface area contributed by atoms with E-state index in [1.165, 1.54) is 0 Å². The van der Waals surface area contributed by atoms with Crippen molar-refractivity contribution in [2.24, 2.45) is 11.8 Å². The normalized spacial score (nSPS) is 20.2. The van der Waals surface area contributed by atoms with Crippen LogP contribution in [0.5, 0.6) is 0 Å². The van der Waals surface area contributed by atoms with Crippen LogP contribution in [-0.2, 0) is 11.3 Å². The minimum absolute atomic E-state index is 0.0991. The fourth-order valence-corrected chi connectivity index (χ4v) is 3.69. The first-order valence-electron chi connectivity index (χ1n) is 8.95. The van der Waals surface area contributed by atoms with E-state index >= 15 is 0 Å². The van der Waals surface area contributed by atoms with Crippen LogP contribution >= 0.6 is 0 Å². The average molecular weight is 355 g/mol. The van der Waals surface area contributed by atoms with Gasteiger partial charge in [-0.2, -0.15) is 5.10 Å². The Labute approximate surface area is 153 Å². The molecule has 3 rings (SSSR count). The number of hydrogen-bond acceptors (Lipinski definition) is 3. The number of carboxylic acids is 1. The van der Waals surface area contributed by atoms with Crippen LogP contribution in [0.4, 0.5) is 0 Å². The topological polar surface area (TPSA) is 75.4 Å². The number of likely N-dealkylation sites (tertiary alicyclic amines) is 1. The molecule has 1 aliphatic heterocycles. The van der Waals surface area contributed by atoms with Gasteiger partial charge in [0.15, 0.2) is 0 Å². The summed E-state index contributed by atoms with van der Waals surface area (Å²) in [5, 5.41) is 13.8. The van der Waals surface area contributed by atoms with E-state index in [9.17, 15) is 14.7 Å². The number of hydrogen-bond donors (Lipinski definition) is 1. The van der Waals surface area contributed by atoms with Crippen molar-refractivity contribution in [3.63, 3.8) is 0 Å². The fourth-order valence-electron chi connectivity index (χ4n) is 3.69. The summed E-state index contributed by atoms with van der Waals surface area (Å²) in [6.07, 6.45) is 0.622. The maximum Gasteiger partial charge on any atom is 0.308 e. The molecule has 6 heteroatoms. The molecule has 0 bridgehead atoms. The third kappa shape index (κ3) is 3.95. The van der Waals surface area contributed by atoms with Crippen molar-refractivity contribution in [1.82, 2.24) is 14.7 Å². The minimum Gasteiger partial charge on any atom is -0.481 e. The lowest BCUT2D eigenvalue weighted by Crippen LogP contribution is -2.45. The molecule has 2 aromatic rings. The van der Waals surface area contributed by atoms with E-state index in [4.69, 9.17) is 0 Å². The Bertz CT molecular complexity index is 827. The van der Waals surface area contributed by atoms with E-state index in [1.807, 2.05) is 49.7 Å². The van der Waals surface area contributed by atoms with Gasteiger partial charge in [-0.1, -0.05) is 19.1 Å². The van der Waals surface area contributed by atoms with Gasteiger partial charge in [-0.25, -0.2) is 0 Å². The van der Waals surface area contributed by atoms with E-state index in [-0.39, 0.29) is 18.4 Å². The summed E-state index contributed by atoms with van der Waals surface area (Å²) < 4.78 is 1.92. The van der Waals surface area contributed by atoms with Gasteiger partial charge in [0.1, 0.15) is 0 Å². The second kappa shape index (κ2) is 7.32. The van der Waals surface area contributed by atoms with Gasteiger partial charge in [0.05, 0.1) is 18.2 Å². The second-order valence-electron chi connectivity index (χ2n) is 7.37. The zero-order chi connectivity index (χ0) is 18.8. The van der Waals surface area contributed by atoms with Crippen molar-refractivity contribution < 1.29 is 14.7 Å². The molecular weight excluding hydrogens is 330 g/mol. The number of aliphatic carboxylic acids is 1. The first-order chi connectivity index (χ1) is 12.3. The third-order valence-electron chi connectivity index (χ3n) is 4.91. The molecule has 0 saturated carbocycles. The number of benzene rings is 1. The molecule has 2 unspecified atom stereocenters. The van der Waals surface area contributed by atoms with Crippen molar-refractivity contribution in [3.05, 3.63) is 52.8 Å². The largest absolute Gasteiger partial charge is 0.481 e. The van der Waals surface area contributed by atoms with E-state index in [0.29, 0.717) is 25.1 Å². The molecule has 0 aliphatic carbocycles. The van der Waals surface area contributed by atoms with E-state index < -0.39 is 11.9 Å². The quantitative estimate of drug-likeness (QED) is 0.915. The summed E-state index contributed by atoms with van der Waals surface area (Å²) in [4.78, 5) is 25.9. The molecule has 1 N–H and O–H groups in total. The number of carbonyl (C=O) groups is 2. The van der Waals surface area contributed by atoms with Crippen LogP contribution < -0.4 is 0 Å². The molecule has 1 aliphatic rings. The molecule has 2 atom stereocenters. The van der Waals surface area contributed by atoms with Crippen LogP contribution in [0.15, 0.2) is 30.3 Å². The van der Waals surface area contributed by atoms with E-state index in [0.717, 1.165) is 17.0 Å². The number of carbonyl (C=O) groups excluding carboxylic acids is 1. The average Bonchev–Trinajstić information content (AvgIpc) is 2.91. The minimum atomic E-state index is -0.826. The summed E-state index contributed by atoms with van der Waals surface area (Å²) in [5.74, 6) is -1.22. The number of nitrogens with zero attached hydrogens (tertiary/aromatic N) is 3. The van der Waals surface area contributed by atoms with Crippen LogP contribution in [0, 0.1) is 25.7 Å². The lowest BCUT2D eigenvalue weighted by molar-refractivity contribution is -0.143. The van der Waals surface area contributed by atoms with Gasteiger partial charge >= 0.3 is 5.97 Å². The van der Waals surface area contributed by atoms with Crippen LogP contribution in [0.25, 0.3) is 0 Å². The predicted octanol–water partition coefficient (Wildman–Crippen LogP) is 2.73. The Hall–Kier alpha value is -2.63. The van der Waals surface area contributed by atoms with E-state index in [2.05, 4.69) is 5.10 Å². The molecule has 2 heterocycles. The zero-order valence-corrected chi connectivity index (χ0v) is 15.5.